The Hall–Kier alpha value is -4.62. The third-order valence-corrected chi connectivity index (χ3v) is 7.62. The van der Waals surface area contributed by atoms with Crippen molar-refractivity contribution in [3.05, 3.63) is 98.0 Å². The number of ether oxygens (including phenoxy) is 4. The number of non-ortho nitro benzene ring substituents is 1. The van der Waals surface area contributed by atoms with Crippen molar-refractivity contribution in [3.63, 3.8) is 0 Å². The van der Waals surface area contributed by atoms with Crippen LogP contribution in [0.15, 0.2) is 71.2 Å². The predicted molar refractivity (Wildman–Crippen MR) is 143 cm³/mol. The zero-order valence-corrected chi connectivity index (χ0v) is 23.1. The molecule has 0 aromatic heterocycles. The fourth-order valence-electron chi connectivity index (χ4n) is 5.38. The molecule has 1 saturated heterocycles. The summed E-state index contributed by atoms with van der Waals surface area (Å²) in [5.74, 6) is -6.41. The van der Waals surface area contributed by atoms with Gasteiger partial charge in [-0.15, -0.1) is 0 Å². The largest absolute Gasteiger partial charge is 0.467 e. The smallest absolute Gasteiger partial charge is 0.343 e. The van der Waals surface area contributed by atoms with Crippen molar-refractivity contribution in [2.75, 3.05) is 14.2 Å². The first-order valence-corrected chi connectivity index (χ1v) is 12.9. The minimum atomic E-state index is -2.33. The highest BCUT2D eigenvalue weighted by molar-refractivity contribution is 9.10. The molecule has 210 valence electrons. The molecule has 13 heteroatoms. The lowest BCUT2D eigenvalue weighted by atomic mass is 9.72. The van der Waals surface area contributed by atoms with Crippen LogP contribution in [0.25, 0.3) is 0 Å². The molecule has 0 radical (unpaired) electrons. The summed E-state index contributed by atoms with van der Waals surface area (Å²) in [6.45, 7) is 0. The number of carbonyl (C=O) groups excluding carboxylic acids is 4. The van der Waals surface area contributed by atoms with E-state index in [1.54, 1.807) is 42.5 Å². The first-order valence-electron chi connectivity index (χ1n) is 12.1. The van der Waals surface area contributed by atoms with Gasteiger partial charge in [0, 0.05) is 33.7 Å². The summed E-state index contributed by atoms with van der Waals surface area (Å²) in [5, 5.41) is 14.6. The molecule has 2 heterocycles. The Morgan fingerprint density at radius 3 is 2.29 bits per heavy atom. The second-order valence-electron chi connectivity index (χ2n) is 9.25. The molecular weight excluding hydrogens is 604 g/mol. The lowest BCUT2D eigenvalue weighted by Crippen LogP contribution is -2.59. The molecule has 2 aliphatic rings. The number of benzene rings is 3. The third-order valence-electron chi connectivity index (χ3n) is 7.12. The molecular formula is C28H21BrN2O10. The maximum Gasteiger partial charge on any atom is 0.343 e. The van der Waals surface area contributed by atoms with E-state index in [1.807, 2.05) is 0 Å². The fourth-order valence-corrected chi connectivity index (χ4v) is 5.76. The highest BCUT2D eigenvalue weighted by Crippen LogP contribution is 2.56. The van der Waals surface area contributed by atoms with Crippen molar-refractivity contribution >= 4 is 45.5 Å². The number of nitrogens with zero attached hydrogens (tertiary/aromatic N) is 1. The van der Waals surface area contributed by atoms with E-state index in [2.05, 4.69) is 21.2 Å². The maximum absolute atomic E-state index is 13.6. The number of nitro benzene ring substituents is 1. The second kappa shape index (κ2) is 10.7. The van der Waals surface area contributed by atoms with Gasteiger partial charge in [-0.1, -0.05) is 34.1 Å². The highest BCUT2D eigenvalue weighted by Gasteiger charge is 2.69. The minimum absolute atomic E-state index is 0.0291. The second-order valence-corrected chi connectivity index (χ2v) is 10.2. The van der Waals surface area contributed by atoms with E-state index >= 15 is 0 Å². The lowest BCUT2D eigenvalue weighted by molar-refractivity contribution is -0.385. The molecule has 0 bridgehead atoms. The Bertz CT molecular complexity index is 1580. The Balaban J connectivity index is 1.71. The number of nitro groups is 1. The average molecular weight is 625 g/mol. The maximum atomic E-state index is 13.6. The first kappa shape index (κ1) is 27.9. The summed E-state index contributed by atoms with van der Waals surface area (Å²) in [7, 11) is 2.11. The summed E-state index contributed by atoms with van der Waals surface area (Å²) in [5.41, 5.74) is -2.15. The van der Waals surface area contributed by atoms with E-state index in [9.17, 15) is 29.3 Å². The standard InChI is InChI=1S/C28H21BrN2O10/c1-38-26(34)28(27(35)39-2)22-17-13-16(31(36)37)9-11-19(17)41-25(33)21(22)23(30-28)18-12-15(29)8-10-20(18)40-24(32)14-6-4-3-5-7-14/h3-13,21-23,30H,1-2H3/t21-,22+,23+/m1/s1. The van der Waals surface area contributed by atoms with Gasteiger partial charge in [0.2, 0.25) is 5.54 Å². The molecule has 0 aliphatic carbocycles. The number of halogens is 1. The van der Waals surface area contributed by atoms with Crippen LogP contribution in [0.2, 0.25) is 0 Å². The summed E-state index contributed by atoms with van der Waals surface area (Å²) in [4.78, 5) is 64.4. The van der Waals surface area contributed by atoms with Crippen LogP contribution in [-0.4, -0.2) is 48.6 Å². The van der Waals surface area contributed by atoms with E-state index < -0.39 is 52.2 Å². The third kappa shape index (κ3) is 4.62. The zero-order chi connectivity index (χ0) is 29.5. The van der Waals surface area contributed by atoms with Crippen molar-refractivity contribution in [2.45, 2.75) is 17.5 Å². The molecule has 1 N–H and O–H groups in total. The molecule has 0 spiro atoms. The number of esters is 4. The summed E-state index contributed by atoms with van der Waals surface area (Å²) in [6.07, 6.45) is 0. The lowest BCUT2D eigenvalue weighted by Gasteiger charge is -2.34. The molecule has 2 aliphatic heterocycles. The monoisotopic (exact) mass is 624 g/mol. The van der Waals surface area contributed by atoms with Crippen molar-refractivity contribution in [3.8, 4) is 11.5 Å². The molecule has 0 amide bonds. The van der Waals surface area contributed by atoms with Crippen LogP contribution in [0.1, 0.15) is 33.4 Å². The van der Waals surface area contributed by atoms with E-state index in [1.165, 1.54) is 12.1 Å². The number of methoxy groups -OCH3 is 2. The Labute approximate surface area is 240 Å². The molecule has 3 aromatic rings. The van der Waals surface area contributed by atoms with Crippen LogP contribution >= 0.6 is 15.9 Å². The van der Waals surface area contributed by atoms with Gasteiger partial charge in [-0.3, -0.25) is 20.2 Å². The molecule has 0 unspecified atom stereocenters. The van der Waals surface area contributed by atoms with Crippen LogP contribution in [-0.2, 0) is 23.9 Å². The first-order chi connectivity index (χ1) is 19.6. The van der Waals surface area contributed by atoms with Gasteiger partial charge >= 0.3 is 23.9 Å². The van der Waals surface area contributed by atoms with Crippen LogP contribution in [0.5, 0.6) is 11.5 Å². The van der Waals surface area contributed by atoms with Gasteiger partial charge in [-0.2, -0.15) is 0 Å². The summed E-state index contributed by atoms with van der Waals surface area (Å²) < 4.78 is 21.8. The Morgan fingerprint density at radius 1 is 0.976 bits per heavy atom. The van der Waals surface area contributed by atoms with Gasteiger partial charge < -0.3 is 18.9 Å². The number of rotatable bonds is 6. The van der Waals surface area contributed by atoms with Crippen molar-refractivity contribution in [1.82, 2.24) is 5.32 Å². The van der Waals surface area contributed by atoms with E-state index in [-0.39, 0.29) is 33.9 Å². The van der Waals surface area contributed by atoms with Gasteiger partial charge in [-0.25, -0.2) is 14.4 Å². The normalized spacial score (nSPS) is 20.2. The van der Waals surface area contributed by atoms with E-state index in [4.69, 9.17) is 18.9 Å². The van der Waals surface area contributed by atoms with E-state index in [0.717, 1.165) is 26.4 Å². The van der Waals surface area contributed by atoms with E-state index in [0.29, 0.717) is 4.47 Å². The number of nitrogens with one attached hydrogen (secondary N) is 1. The van der Waals surface area contributed by atoms with Gasteiger partial charge in [0.1, 0.15) is 11.5 Å². The van der Waals surface area contributed by atoms with Crippen molar-refractivity contribution in [1.29, 1.82) is 0 Å². The topological polar surface area (TPSA) is 160 Å². The van der Waals surface area contributed by atoms with Crippen molar-refractivity contribution in [2.24, 2.45) is 5.92 Å². The average Bonchev–Trinajstić information content (AvgIpc) is 3.35. The van der Waals surface area contributed by atoms with Gasteiger partial charge in [0.15, 0.2) is 0 Å². The van der Waals surface area contributed by atoms with Crippen LogP contribution in [0.3, 0.4) is 0 Å². The van der Waals surface area contributed by atoms with Crippen LogP contribution in [0, 0.1) is 16.0 Å². The molecule has 3 atom stereocenters. The minimum Gasteiger partial charge on any atom is -0.467 e. The van der Waals surface area contributed by atoms with Gasteiger partial charge in [0.05, 0.1) is 36.7 Å². The molecule has 5 rings (SSSR count). The predicted octanol–water partition coefficient (Wildman–Crippen LogP) is 3.62. The Kier molecular flexibility index (Phi) is 7.32. The van der Waals surface area contributed by atoms with Crippen molar-refractivity contribution < 1.29 is 43.0 Å². The number of carbonyl (C=O) groups is 4. The zero-order valence-electron chi connectivity index (χ0n) is 21.5. The molecule has 3 aromatic carbocycles. The van der Waals surface area contributed by atoms with Crippen LogP contribution in [0.4, 0.5) is 5.69 Å². The Morgan fingerprint density at radius 2 is 1.66 bits per heavy atom. The highest BCUT2D eigenvalue weighted by atomic mass is 79.9. The SMILES string of the molecule is COC(=O)C1(C(=O)OC)N[C@@H](c2cc(Br)ccc2OC(=O)c2ccccc2)[C@@H]2C(=O)Oc3ccc([N+](=O)[O-])cc3[C@@H]21. The fraction of sp³-hybridized carbons (Fsp3) is 0.214. The molecule has 12 nitrogen and oxygen atoms in total. The number of fused-ring (bicyclic) bond motifs is 3. The van der Waals surface area contributed by atoms with Crippen LogP contribution < -0.4 is 14.8 Å². The van der Waals surface area contributed by atoms with Gasteiger partial charge in [0.25, 0.3) is 5.69 Å². The quantitative estimate of drug-likeness (QED) is 0.140. The summed E-state index contributed by atoms with van der Waals surface area (Å²) in [6, 6.07) is 15.2. The number of hydrogen-bond donors (Lipinski definition) is 1. The number of hydrogen-bond acceptors (Lipinski definition) is 11. The van der Waals surface area contributed by atoms with Gasteiger partial charge in [-0.05, 0) is 36.4 Å². The molecule has 1 fully saturated rings. The molecule has 0 saturated carbocycles. The molecule has 41 heavy (non-hydrogen) atoms. The summed E-state index contributed by atoms with van der Waals surface area (Å²) >= 11 is 3.38.